The van der Waals surface area contributed by atoms with E-state index in [4.69, 9.17) is 11.6 Å². The van der Waals surface area contributed by atoms with Crippen LogP contribution in [0.2, 0.25) is 5.02 Å². The molecule has 0 radical (unpaired) electrons. The summed E-state index contributed by atoms with van der Waals surface area (Å²) >= 11 is 5.39. The van der Waals surface area contributed by atoms with E-state index >= 15 is 0 Å². The average Bonchev–Trinajstić information content (AvgIpc) is 3.03. The summed E-state index contributed by atoms with van der Waals surface area (Å²) in [6, 6.07) is 33.9. The van der Waals surface area contributed by atoms with Gasteiger partial charge in [0.1, 0.15) is 0 Å². The van der Waals surface area contributed by atoms with Gasteiger partial charge in [0, 0.05) is 28.6 Å². The Morgan fingerprint density at radius 3 is 2.19 bits per heavy atom. The van der Waals surface area contributed by atoms with Crippen LogP contribution in [0.3, 0.4) is 0 Å². The molecule has 0 unspecified atom stereocenters. The van der Waals surface area contributed by atoms with Crippen molar-refractivity contribution in [3.05, 3.63) is 102 Å². The summed E-state index contributed by atoms with van der Waals surface area (Å²) in [4.78, 5) is 0. The zero-order chi connectivity index (χ0) is 17.5. The molecule has 0 aliphatic heterocycles. The summed E-state index contributed by atoms with van der Waals surface area (Å²) in [6.07, 6.45) is 0. The Bertz CT molecular complexity index is 1240. The second-order valence-corrected chi connectivity index (χ2v) is 6.89. The van der Waals surface area contributed by atoms with Crippen LogP contribution in [-0.2, 0) is 0 Å². The highest BCUT2D eigenvalue weighted by atomic mass is 35.5. The molecule has 0 amide bonds. The largest absolute Gasteiger partial charge is 0.309 e. The van der Waals surface area contributed by atoms with Gasteiger partial charge in [0.25, 0.3) is 0 Å². The fraction of sp³-hybridized carbons (Fsp3) is 0. The lowest BCUT2D eigenvalue weighted by Gasteiger charge is -2.08. The van der Waals surface area contributed by atoms with E-state index in [0.717, 1.165) is 5.02 Å². The van der Waals surface area contributed by atoms with E-state index in [1.165, 1.54) is 38.6 Å². The fourth-order valence-corrected chi connectivity index (χ4v) is 3.98. The van der Waals surface area contributed by atoms with Gasteiger partial charge in [-0.05, 0) is 35.4 Å². The number of hydrogen-bond acceptors (Lipinski definition) is 0. The number of benzene rings is 4. The number of para-hydroxylation sites is 2. The van der Waals surface area contributed by atoms with Gasteiger partial charge in [0.2, 0.25) is 5.02 Å². The number of fused-ring (bicyclic) bond motifs is 3. The Balaban J connectivity index is 1.94. The van der Waals surface area contributed by atoms with Crippen LogP contribution in [0.4, 0.5) is 0 Å². The van der Waals surface area contributed by atoms with Gasteiger partial charge in [-0.2, -0.15) is 0 Å². The molecule has 0 saturated heterocycles. The molecule has 1 heterocycles. The van der Waals surface area contributed by atoms with E-state index in [1.54, 1.807) is 0 Å². The van der Waals surface area contributed by atoms with Crippen LogP contribution >= 0.6 is 0 Å². The smallest absolute Gasteiger partial charge is 0.226 e. The monoisotopic (exact) mass is 354 g/mol. The van der Waals surface area contributed by atoms with Gasteiger partial charge in [-0.3, -0.25) is 0 Å². The first-order valence-corrected chi connectivity index (χ1v) is 9.09. The maximum Gasteiger partial charge on any atom is 0.226 e. The Morgan fingerprint density at radius 2 is 1.35 bits per heavy atom. The van der Waals surface area contributed by atoms with Crippen LogP contribution in [0.5, 0.6) is 0 Å². The zero-order valence-corrected chi connectivity index (χ0v) is 14.9. The molecular formula is C24H17ClN+. The molecule has 0 saturated carbocycles. The molecule has 0 N–H and O–H groups in total. The Labute approximate surface area is 157 Å². The van der Waals surface area contributed by atoms with Crippen molar-refractivity contribution >= 4 is 21.8 Å². The van der Waals surface area contributed by atoms with E-state index in [9.17, 15) is 0 Å². The van der Waals surface area contributed by atoms with Crippen LogP contribution in [0.1, 0.15) is 0 Å². The van der Waals surface area contributed by atoms with Crippen molar-refractivity contribution in [2.45, 2.75) is 0 Å². The normalized spacial score (nSPS) is 11.3. The third kappa shape index (κ3) is 2.33. The van der Waals surface area contributed by atoms with Gasteiger partial charge in [0.15, 0.2) is 11.6 Å². The average molecular weight is 355 g/mol. The highest BCUT2D eigenvalue weighted by molar-refractivity contribution is 6.15. The highest BCUT2D eigenvalue weighted by Crippen LogP contribution is 2.38. The Morgan fingerprint density at radius 1 is 0.615 bits per heavy atom. The predicted octanol–water partition coefficient (Wildman–Crippen LogP) is 6.15. The maximum atomic E-state index is 5.39. The highest BCUT2D eigenvalue weighted by Gasteiger charge is 2.15. The van der Waals surface area contributed by atoms with E-state index in [2.05, 4.69) is 89.5 Å². The van der Waals surface area contributed by atoms with Crippen molar-refractivity contribution < 1.29 is 11.6 Å². The number of halogens is 1. The van der Waals surface area contributed by atoms with Gasteiger partial charge < -0.3 is 4.57 Å². The van der Waals surface area contributed by atoms with Gasteiger partial charge in [0.05, 0.1) is 11.0 Å². The number of aromatic nitrogens is 1. The molecule has 1 nitrogen and oxygen atoms in total. The van der Waals surface area contributed by atoms with Crippen molar-refractivity contribution in [1.29, 1.82) is 0 Å². The molecule has 1 aromatic heterocycles. The predicted molar refractivity (Wildman–Crippen MR) is 107 cm³/mol. The lowest BCUT2D eigenvalue weighted by atomic mass is 9.99. The summed E-state index contributed by atoms with van der Waals surface area (Å²) in [7, 11) is 0. The summed E-state index contributed by atoms with van der Waals surface area (Å²) in [5.41, 5.74) is 5.99. The van der Waals surface area contributed by atoms with Gasteiger partial charge in [-0.1, -0.05) is 60.7 Å². The second-order valence-electron chi connectivity index (χ2n) is 6.42. The van der Waals surface area contributed by atoms with Gasteiger partial charge >= 0.3 is 0 Å². The standard InChI is InChI=1S/C24H17ClN/c25-18-9-6-8-17(16-18)20-13-7-15-23-24(20)21-12-4-5-14-22(21)26(23)19-10-2-1-3-11-19/h1-16,25H/q+1. The van der Waals surface area contributed by atoms with E-state index < -0.39 is 0 Å². The zero-order valence-electron chi connectivity index (χ0n) is 14.1. The quantitative estimate of drug-likeness (QED) is 0.358. The molecule has 0 aliphatic rings. The minimum atomic E-state index is 0.867. The van der Waals surface area contributed by atoms with Crippen LogP contribution < -0.4 is 0 Å². The van der Waals surface area contributed by atoms with Crippen molar-refractivity contribution in [2.75, 3.05) is 0 Å². The summed E-state index contributed by atoms with van der Waals surface area (Å²) in [5, 5.41) is 3.40. The molecule has 26 heavy (non-hydrogen) atoms. The molecule has 0 aliphatic carbocycles. The second kappa shape index (κ2) is 6.05. The first-order chi connectivity index (χ1) is 12.8. The van der Waals surface area contributed by atoms with Gasteiger partial charge in [-0.15, -0.1) is 0 Å². The SMILES string of the molecule is [ClH+]c1cccc(-c2cccc3c2c2ccccc2n3-c2ccccc2)c1. The molecule has 0 atom stereocenters. The molecule has 0 spiro atoms. The summed E-state index contributed by atoms with van der Waals surface area (Å²) in [6.45, 7) is 0. The molecule has 4 aromatic carbocycles. The Hall–Kier alpha value is -3.03. The lowest BCUT2D eigenvalue weighted by Crippen LogP contribution is -1.92. The van der Waals surface area contributed by atoms with Crippen molar-refractivity contribution in [3.63, 3.8) is 0 Å². The summed E-state index contributed by atoms with van der Waals surface area (Å²) < 4.78 is 2.34. The minimum absolute atomic E-state index is 0.867. The first-order valence-electron chi connectivity index (χ1n) is 8.68. The molecule has 2 heteroatoms. The van der Waals surface area contributed by atoms with E-state index in [0.29, 0.717) is 0 Å². The minimum Gasteiger partial charge on any atom is -0.309 e. The van der Waals surface area contributed by atoms with Crippen LogP contribution in [0.15, 0.2) is 97.1 Å². The molecule has 5 rings (SSSR count). The Kier molecular flexibility index (Phi) is 3.55. The topological polar surface area (TPSA) is 4.93 Å². The molecular weight excluding hydrogens is 338 g/mol. The summed E-state index contributed by atoms with van der Waals surface area (Å²) in [5.74, 6) is 0. The van der Waals surface area contributed by atoms with E-state index in [-0.39, 0.29) is 0 Å². The van der Waals surface area contributed by atoms with Gasteiger partial charge in [-0.25, -0.2) is 0 Å². The van der Waals surface area contributed by atoms with Crippen LogP contribution in [-0.4, -0.2) is 4.57 Å². The number of rotatable bonds is 2. The molecule has 0 bridgehead atoms. The first kappa shape index (κ1) is 15.2. The van der Waals surface area contributed by atoms with Crippen molar-refractivity contribution in [3.8, 4) is 16.8 Å². The van der Waals surface area contributed by atoms with Crippen molar-refractivity contribution in [2.24, 2.45) is 0 Å². The third-order valence-electron chi connectivity index (χ3n) is 4.86. The number of hydrogen-bond donors (Lipinski definition) is 0. The van der Waals surface area contributed by atoms with Crippen LogP contribution in [0, 0.1) is 11.6 Å². The number of nitrogens with zero attached hydrogens (tertiary/aromatic N) is 1. The molecule has 124 valence electrons. The maximum absolute atomic E-state index is 5.39. The molecule has 0 fully saturated rings. The van der Waals surface area contributed by atoms with Crippen molar-refractivity contribution in [1.82, 2.24) is 4.57 Å². The fourth-order valence-electron chi connectivity index (χ4n) is 3.78. The molecule has 5 aromatic rings. The lowest BCUT2D eigenvalue weighted by molar-refractivity contribution is -0.288. The van der Waals surface area contributed by atoms with Crippen LogP contribution in [0.25, 0.3) is 38.6 Å². The van der Waals surface area contributed by atoms with E-state index in [1.807, 2.05) is 12.1 Å². The third-order valence-corrected chi connectivity index (χ3v) is 5.11.